The number of hydrogen-bond acceptors (Lipinski definition) is 3. The molecule has 2 aromatic carbocycles. The van der Waals surface area contributed by atoms with Gasteiger partial charge in [-0.2, -0.15) is 0 Å². The molecule has 0 radical (unpaired) electrons. The van der Waals surface area contributed by atoms with Crippen LogP contribution in [-0.4, -0.2) is 13.2 Å². The van der Waals surface area contributed by atoms with E-state index in [0.29, 0.717) is 30.6 Å². The third-order valence-corrected chi connectivity index (χ3v) is 5.95. The zero-order valence-electron chi connectivity index (χ0n) is 16.4. The van der Waals surface area contributed by atoms with Crippen molar-refractivity contribution in [2.24, 2.45) is 5.41 Å². The van der Waals surface area contributed by atoms with Crippen LogP contribution in [0.15, 0.2) is 48.5 Å². The predicted molar refractivity (Wildman–Crippen MR) is 103 cm³/mol. The third kappa shape index (κ3) is 3.67. The molecule has 3 aliphatic rings. The van der Waals surface area contributed by atoms with Gasteiger partial charge in [0.05, 0.1) is 13.2 Å². The van der Waals surface area contributed by atoms with E-state index in [2.05, 4.69) is 6.92 Å². The summed E-state index contributed by atoms with van der Waals surface area (Å²) < 4.78 is 58.2. The lowest BCUT2D eigenvalue weighted by molar-refractivity contribution is -0.350. The first-order chi connectivity index (χ1) is 13.9. The molecule has 154 valence electrons. The smallest absolute Gasteiger partial charge is 0.197 e. The maximum Gasteiger partial charge on any atom is 0.197 e. The lowest BCUT2D eigenvalue weighted by Gasteiger charge is -2.52. The quantitative estimate of drug-likeness (QED) is 0.553. The Balaban J connectivity index is 1.57. The van der Waals surface area contributed by atoms with E-state index >= 15 is 0 Å². The van der Waals surface area contributed by atoms with Crippen molar-refractivity contribution in [2.75, 3.05) is 13.2 Å². The summed E-state index contributed by atoms with van der Waals surface area (Å²) in [5, 5.41) is 0. The number of halogens is 3. The molecule has 0 amide bonds. The lowest BCUT2D eigenvalue weighted by Crippen LogP contribution is -2.53. The Labute approximate surface area is 168 Å². The van der Waals surface area contributed by atoms with Crippen molar-refractivity contribution in [3.8, 4) is 16.9 Å². The van der Waals surface area contributed by atoms with Crippen molar-refractivity contribution in [2.45, 2.75) is 38.9 Å². The van der Waals surface area contributed by atoms with Crippen molar-refractivity contribution >= 4 is 0 Å². The summed E-state index contributed by atoms with van der Waals surface area (Å²) in [6.45, 7) is 4.63. The van der Waals surface area contributed by atoms with E-state index in [-0.39, 0.29) is 5.41 Å². The van der Waals surface area contributed by atoms with E-state index in [0.717, 1.165) is 43.9 Å². The van der Waals surface area contributed by atoms with Crippen molar-refractivity contribution < 1.29 is 27.4 Å². The van der Waals surface area contributed by atoms with Crippen LogP contribution in [0, 0.1) is 17.0 Å². The molecular formula is C23H23F3O3. The summed E-state index contributed by atoms with van der Waals surface area (Å²) in [6.07, 6.45) is 3.53. The minimum absolute atomic E-state index is 0.121. The summed E-state index contributed by atoms with van der Waals surface area (Å²) in [7, 11) is 0. The van der Waals surface area contributed by atoms with Crippen LogP contribution in [0.2, 0.25) is 0 Å². The summed E-state index contributed by atoms with van der Waals surface area (Å²) in [5.41, 5.74) is 2.02. The topological polar surface area (TPSA) is 27.7 Å². The van der Waals surface area contributed by atoms with Crippen LogP contribution in [0.1, 0.15) is 38.7 Å². The highest BCUT2D eigenvalue weighted by molar-refractivity contribution is 5.65. The predicted octanol–water partition coefficient (Wildman–Crippen LogP) is 6.23. The Morgan fingerprint density at radius 2 is 1.66 bits per heavy atom. The Morgan fingerprint density at radius 3 is 2.14 bits per heavy atom. The molecule has 3 fully saturated rings. The second-order valence-corrected chi connectivity index (χ2v) is 7.85. The van der Waals surface area contributed by atoms with Crippen LogP contribution >= 0.6 is 0 Å². The minimum Gasteiger partial charge on any atom is -0.456 e. The third-order valence-electron chi connectivity index (χ3n) is 5.95. The van der Waals surface area contributed by atoms with Gasteiger partial charge in [0, 0.05) is 17.4 Å². The monoisotopic (exact) mass is 404 g/mol. The van der Waals surface area contributed by atoms with E-state index < -0.39 is 29.0 Å². The fourth-order valence-corrected chi connectivity index (χ4v) is 3.93. The normalized spacial score (nSPS) is 26.6. The molecule has 3 saturated heterocycles. The number of hydrogen-bond donors (Lipinski definition) is 0. The van der Waals surface area contributed by atoms with E-state index in [9.17, 15) is 13.2 Å². The van der Waals surface area contributed by atoms with Gasteiger partial charge in [0.15, 0.2) is 23.2 Å². The number of fused-ring (bicyclic) bond motifs is 3. The number of ether oxygens (including phenoxy) is 3. The lowest BCUT2D eigenvalue weighted by atomic mass is 9.75. The number of allylic oxidation sites excluding steroid dienone is 1. The second-order valence-electron chi connectivity index (χ2n) is 7.85. The van der Waals surface area contributed by atoms with Crippen LogP contribution in [0.5, 0.6) is 5.75 Å². The van der Waals surface area contributed by atoms with Crippen molar-refractivity contribution in [3.05, 3.63) is 65.7 Å². The Hall–Kier alpha value is -2.31. The van der Waals surface area contributed by atoms with Crippen LogP contribution < -0.4 is 4.74 Å². The van der Waals surface area contributed by atoms with Crippen LogP contribution in [0.25, 0.3) is 11.1 Å². The van der Waals surface area contributed by atoms with E-state index in [1.807, 2.05) is 12.1 Å². The molecule has 0 unspecified atom stereocenters. The molecule has 3 heterocycles. The second kappa shape index (κ2) is 7.50. The van der Waals surface area contributed by atoms with Gasteiger partial charge >= 0.3 is 0 Å². The Kier molecular flexibility index (Phi) is 5.17. The summed E-state index contributed by atoms with van der Waals surface area (Å²) in [5.74, 6) is -3.86. The largest absolute Gasteiger partial charge is 0.456 e. The highest BCUT2D eigenvalue weighted by atomic mass is 19.1. The number of benzene rings is 2. The van der Waals surface area contributed by atoms with Crippen LogP contribution in [0.4, 0.5) is 13.2 Å². The first kappa shape index (κ1) is 20.0. The summed E-state index contributed by atoms with van der Waals surface area (Å²) in [4.78, 5) is 0. The van der Waals surface area contributed by atoms with Gasteiger partial charge < -0.3 is 14.2 Å². The summed E-state index contributed by atoms with van der Waals surface area (Å²) in [6, 6.07) is 9.64. The van der Waals surface area contributed by atoms with Crippen LogP contribution in [0.3, 0.4) is 0 Å². The minimum atomic E-state index is -0.901. The molecule has 0 spiro atoms. The Bertz CT molecular complexity index is 885. The zero-order chi connectivity index (χ0) is 20.6. The molecule has 0 N–H and O–H groups in total. The molecule has 3 aliphatic heterocycles. The molecule has 2 aromatic rings. The standard InChI is InChI=1S/C23H23F3O3/c1-3-22-8-9-23(28-13-22,29-14-22)18-6-4-16(5-7-18)17-10-19(25)21(20(26)11-17)27-12-15(2)24/h4-7,10-12H,3,8-9,13-14H2,1-2H3/b15-12-. The van der Waals surface area contributed by atoms with Gasteiger partial charge in [-0.25, -0.2) is 13.2 Å². The first-order valence-electron chi connectivity index (χ1n) is 9.73. The molecular weight excluding hydrogens is 381 g/mol. The van der Waals surface area contributed by atoms with Gasteiger partial charge in [0.1, 0.15) is 12.1 Å². The molecule has 5 rings (SSSR count). The molecule has 0 saturated carbocycles. The van der Waals surface area contributed by atoms with Gasteiger partial charge in [-0.05, 0) is 43.0 Å². The fraction of sp³-hybridized carbons (Fsp3) is 0.391. The molecule has 29 heavy (non-hydrogen) atoms. The van der Waals surface area contributed by atoms with Gasteiger partial charge in [-0.15, -0.1) is 0 Å². The summed E-state index contributed by atoms with van der Waals surface area (Å²) >= 11 is 0. The average molecular weight is 404 g/mol. The number of rotatable bonds is 5. The highest BCUT2D eigenvalue weighted by Gasteiger charge is 2.51. The van der Waals surface area contributed by atoms with Crippen molar-refractivity contribution in [1.82, 2.24) is 0 Å². The molecule has 0 atom stereocenters. The fourth-order valence-electron chi connectivity index (χ4n) is 3.93. The molecule has 6 heteroatoms. The van der Waals surface area contributed by atoms with Crippen LogP contribution in [-0.2, 0) is 15.3 Å². The van der Waals surface area contributed by atoms with Crippen molar-refractivity contribution in [1.29, 1.82) is 0 Å². The first-order valence-corrected chi connectivity index (χ1v) is 9.73. The van der Waals surface area contributed by atoms with Gasteiger partial charge in [-0.1, -0.05) is 31.2 Å². The average Bonchev–Trinajstić information content (AvgIpc) is 2.74. The van der Waals surface area contributed by atoms with Crippen molar-refractivity contribution in [3.63, 3.8) is 0 Å². The van der Waals surface area contributed by atoms with Gasteiger partial charge in [-0.3, -0.25) is 0 Å². The molecule has 3 nitrogen and oxygen atoms in total. The highest BCUT2D eigenvalue weighted by Crippen LogP contribution is 2.50. The Morgan fingerprint density at radius 1 is 1.03 bits per heavy atom. The molecule has 2 bridgehead atoms. The molecule has 0 aliphatic carbocycles. The maximum atomic E-state index is 14.3. The SMILES string of the molecule is CCC12CCC(c3ccc(-c4cc(F)c(O/C=C(/C)F)c(F)c4)cc3)(OC1)OC2. The van der Waals surface area contributed by atoms with E-state index in [1.165, 1.54) is 0 Å². The van der Waals surface area contributed by atoms with Gasteiger partial charge in [0.2, 0.25) is 0 Å². The zero-order valence-corrected chi connectivity index (χ0v) is 16.4. The van der Waals surface area contributed by atoms with Gasteiger partial charge in [0.25, 0.3) is 0 Å². The van der Waals surface area contributed by atoms with E-state index in [4.69, 9.17) is 14.2 Å². The maximum absolute atomic E-state index is 14.3. The molecule has 0 aromatic heterocycles. The van der Waals surface area contributed by atoms with E-state index in [1.54, 1.807) is 12.1 Å².